The molecule has 0 aliphatic carbocycles. The Hall–Kier alpha value is -2.17. The van der Waals surface area contributed by atoms with Crippen LogP contribution >= 0.6 is 0 Å². The highest BCUT2D eigenvalue weighted by Gasteiger charge is 2.32. The normalized spacial score (nSPS) is 16.8. The van der Waals surface area contributed by atoms with E-state index < -0.39 is 5.92 Å². The highest BCUT2D eigenvalue weighted by atomic mass is 16.5. The van der Waals surface area contributed by atoms with Crippen LogP contribution in [0.3, 0.4) is 0 Å². The van der Waals surface area contributed by atoms with Crippen molar-refractivity contribution < 1.29 is 9.53 Å². The molecule has 5 nitrogen and oxygen atoms in total. The molecule has 0 bridgehead atoms. The fourth-order valence-electron chi connectivity index (χ4n) is 2.32. The number of aryl methyl sites for hydroxylation is 1. The minimum Gasteiger partial charge on any atom is -0.491 e. The number of hydrogen-bond acceptors (Lipinski definition) is 4. The van der Waals surface area contributed by atoms with Gasteiger partial charge in [-0.1, -0.05) is 0 Å². The minimum atomic E-state index is -0.408. The van der Waals surface area contributed by atoms with Crippen LogP contribution in [-0.2, 0) is 4.79 Å². The third-order valence-corrected chi connectivity index (χ3v) is 3.26. The first kappa shape index (κ1) is 14.2. The Morgan fingerprint density at radius 2 is 2.20 bits per heavy atom. The molecule has 2 rings (SSSR count). The summed E-state index contributed by atoms with van der Waals surface area (Å²) in [5, 5.41) is 17.5. The van der Waals surface area contributed by atoms with Crippen molar-refractivity contribution in [2.24, 2.45) is 0 Å². The number of rotatable bonds is 5. The van der Waals surface area contributed by atoms with E-state index in [1.54, 1.807) is 0 Å². The van der Waals surface area contributed by atoms with Crippen molar-refractivity contribution >= 4 is 23.5 Å². The molecule has 1 heterocycles. The van der Waals surface area contributed by atoms with Crippen LogP contribution in [0.4, 0.5) is 5.69 Å². The molecule has 3 N–H and O–H groups in total. The van der Waals surface area contributed by atoms with Gasteiger partial charge in [0.2, 0.25) is 5.91 Å². The Bertz CT molecular complexity index is 579. The lowest BCUT2D eigenvalue weighted by Gasteiger charge is -2.15. The number of hydrogen-bond donors (Lipinski definition) is 3. The van der Waals surface area contributed by atoms with E-state index in [2.05, 4.69) is 5.32 Å². The summed E-state index contributed by atoms with van der Waals surface area (Å²) in [5.74, 6) is 0.239. The maximum absolute atomic E-state index is 12.0. The average molecular weight is 273 g/mol. The van der Waals surface area contributed by atoms with E-state index in [0.717, 1.165) is 28.8 Å². The zero-order chi connectivity index (χ0) is 14.9. The minimum absolute atomic E-state index is 0.0649. The van der Waals surface area contributed by atoms with E-state index in [0.29, 0.717) is 0 Å². The van der Waals surface area contributed by atoms with E-state index in [1.807, 2.05) is 32.9 Å². The first-order valence-electron chi connectivity index (χ1n) is 6.62. The molecule has 0 fully saturated rings. The molecule has 1 aromatic rings. The van der Waals surface area contributed by atoms with Gasteiger partial charge in [-0.25, -0.2) is 0 Å². The standard InChI is InChI=1S/C15H19N3O2/c1-8(2)20-14-6-11-12(5-10(17)7-16)15(19)18-13(11)4-9(14)3/h4,6-8,12,16-17H,5H2,1-3H3,(H,18,19). The van der Waals surface area contributed by atoms with Gasteiger partial charge in [0, 0.05) is 18.3 Å². The Morgan fingerprint density at radius 1 is 1.50 bits per heavy atom. The van der Waals surface area contributed by atoms with E-state index in [4.69, 9.17) is 15.6 Å². The van der Waals surface area contributed by atoms with Crippen LogP contribution in [0.1, 0.15) is 37.3 Å². The number of amides is 1. The number of carbonyl (C=O) groups is 1. The Labute approximate surface area is 118 Å². The molecule has 1 aromatic carbocycles. The van der Waals surface area contributed by atoms with Crippen LogP contribution in [-0.4, -0.2) is 23.9 Å². The molecule has 1 unspecified atom stereocenters. The summed E-state index contributed by atoms with van der Waals surface area (Å²) in [4.78, 5) is 12.0. The van der Waals surface area contributed by atoms with Crippen molar-refractivity contribution in [1.82, 2.24) is 0 Å². The van der Waals surface area contributed by atoms with Gasteiger partial charge in [0.25, 0.3) is 0 Å². The van der Waals surface area contributed by atoms with Crippen molar-refractivity contribution in [3.05, 3.63) is 23.3 Å². The van der Waals surface area contributed by atoms with Gasteiger partial charge in [0.05, 0.1) is 17.7 Å². The summed E-state index contributed by atoms with van der Waals surface area (Å²) >= 11 is 0. The highest BCUT2D eigenvalue weighted by molar-refractivity contribution is 6.29. The smallest absolute Gasteiger partial charge is 0.232 e. The number of nitrogens with one attached hydrogen (secondary N) is 3. The third-order valence-electron chi connectivity index (χ3n) is 3.26. The molecule has 1 atom stereocenters. The molecular weight excluding hydrogens is 254 g/mol. The summed E-state index contributed by atoms with van der Waals surface area (Å²) in [6.07, 6.45) is 1.28. The van der Waals surface area contributed by atoms with Gasteiger partial charge >= 0.3 is 0 Å². The topological polar surface area (TPSA) is 86.0 Å². The number of carbonyl (C=O) groups excluding carboxylic acids is 1. The molecule has 1 amide bonds. The molecule has 1 aliphatic heterocycles. The second-order valence-corrected chi connectivity index (χ2v) is 5.29. The summed E-state index contributed by atoms with van der Waals surface area (Å²) in [5.41, 5.74) is 2.75. The third kappa shape index (κ3) is 2.71. The first-order chi connectivity index (χ1) is 9.42. The highest BCUT2D eigenvalue weighted by Crippen LogP contribution is 2.39. The van der Waals surface area contributed by atoms with Crippen LogP contribution in [0, 0.1) is 17.7 Å². The monoisotopic (exact) mass is 273 g/mol. The van der Waals surface area contributed by atoms with Crippen molar-refractivity contribution in [3.8, 4) is 5.75 Å². The second kappa shape index (κ2) is 5.45. The maximum Gasteiger partial charge on any atom is 0.232 e. The summed E-state index contributed by atoms with van der Waals surface area (Å²) in [6.45, 7) is 5.85. The lowest BCUT2D eigenvalue weighted by molar-refractivity contribution is -0.116. The van der Waals surface area contributed by atoms with Gasteiger partial charge in [-0.2, -0.15) is 0 Å². The van der Waals surface area contributed by atoms with Gasteiger partial charge in [0.15, 0.2) is 0 Å². The lowest BCUT2D eigenvalue weighted by atomic mass is 9.94. The van der Waals surface area contributed by atoms with Crippen LogP contribution in [0.5, 0.6) is 5.75 Å². The molecule has 1 aliphatic rings. The fourth-order valence-corrected chi connectivity index (χ4v) is 2.32. The Morgan fingerprint density at radius 3 is 2.80 bits per heavy atom. The average Bonchev–Trinajstić information content (AvgIpc) is 2.65. The van der Waals surface area contributed by atoms with Crippen molar-refractivity contribution in [2.45, 2.75) is 39.2 Å². The van der Waals surface area contributed by atoms with Crippen LogP contribution in [0.25, 0.3) is 0 Å². The lowest BCUT2D eigenvalue weighted by Crippen LogP contribution is -2.15. The van der Waals surface area contributed by atoms with E-state index in [-0.39, 0.29) is 24.1 Å². The Kier molecular flexibility index (Phi) is 3.88. The number of anilines is 1. The molecule has 0 radical (unpaired) electrons. The summed E-state index contributed by atoms with van der Waals surface area (Å²) < 4.78 is 5.75. The molecule has 0 aromatic heterocycles. The van der Waals surface area contributed by atoms with Gasteiger partial charge in [-0.05, 0) is 44.0 Å². The number of fused-ring (bicyclic) bond motifs is 1. The SMILES string of the molecule is Cc1cc2c(cc1OC(C)C)C(CC(=N)C=N)C(=O)N2. The van der Waals surface area contributed by atoms with E-state index in [1.165, 1.54) is 0 Å². The van der Waals surface area contributed by atoms with Crippen LogP contribution in [0.15, 0.2) is 12.1 Å². The summed E-state index contributed by atoms with van der Waals surface area (Å²) in [6, 6.07) is 3.78. The van der Waals surface area contributed by atoms with Gasteiger partial charge in [-0.15, -0.1) is 0 Å². The van der Waals surface area contributed by atoms with Crippen LogP contribution in [0.2, 0.25) is 0 Å². The molecule has 0 saturated carbocycles. The first-order valence-corrected chi connectivity index (χ1v) is 6.62. The molecule has 106 valence electrons. The number of ether oxygens (including phenoxy) is 1. The summed E-state index contributed by atoms with van der Waals surface area (Å²) in [7, 11) is 0. The Balaban J connectivity index is 2.37. The molecule has 0 saturated heterocycles. The van der Waals surface area contributed by atoms with Gasteiger partial charge in [-0.3, -0.25) is 4.79 Å². The largest absolute Gasteiger partial charge is 0.491 e. The zero-order valence-corrected chi connectivity index (χ0v) is 11.9. The van der Waals surface area contributed by atoms with Crippen molar-refractivity contribution in [1.29, 1.82) is 10.8 Å². The van der Waals surface area contributed by atoms with E-state index in [9.17, 15) is 4.79 Å². The predicted octanol–water partition coefficient (Wildman–Crippen LogP) is 2.88. The van der Waals surface area contributed by atoms with Crippen molar-refractivity contribution in [2.75, 3.05) is 5.32 Å². The van der Waals surface area contributed by atoms with Gasteiger partial charge in [0.1, 0.15) is 5.75 Å². The van der Waals surface area contributed by atoms with Crippen LogP contribution < -0.4 is 10.1 Å². The van der Waals surface area contributed by atoms with E-state index >= 15 is 0 Å². The maximum atomic E-state index is 12.0. The van der Waals surface area contributed by atoms with Gasteiger partial charge < -0.3 is 20.9 Å². The molecular formula is C15H19N3O2. The van der Waals surface area contributed by atoms with Crippen molar-refractivity contribution in [3.63, 3.8) is 0 Å². The zero-order valence-electron chi connectivity index (χ0n) is 11.9. The predicted molar refractivity (Wildman–Crippen MR) is 79.4 cm³/mol. The number of benzene rings is 1. The quantitative estimate of drug-likeness (QED) is 0.720. The molecule has 5 heteroatoms. The molecule has 0 spiro atoms. The fraction of sp³-hybridized carbons (Fsp3) is 0.400. The molecule has 20 heavy (non-hydrogen) atoms. The second-order valence-electron chi connectivity index (χ2n) is 5.29.